The van der Waals surface area contributed by atoms with E-state index < -0.39 is 10.0 Å². The zero-order valence-electron chi connectivity index (χ0n) is 15.2. The number of nitrogens with zero attached hydrogens (tertiary/aromatic N) is 2. The molecule has 0 unspecified atom stereocenters. The molecule has 0 spiro atoms. The zero-order chi connectivity index (χ0) is 19.3. The average molecular weight is 383 g/mol. The summed E-state index contributed by atoms with van der Waals surface area (Å²) in [5.74, 6) is 0.687. The molecule has 1 aromatic carbocycles. The number of aromatic nitrogens is 2. The van der Waals surface area contributed by atoms with Crippen LogP contribution in [0, 0.1) is 6.92 Å². The number of benzene rings is 1. The van der Waals surface area contributed by atoms with Gasteiger partial charge in [0, 0.05) is 30.7 Å². The van der Waals surface area contributed by atoms with E-state index in [1.807, 2.05) is 32.0 Å². The largest absolute Gasteiger partial charge is 0.494 e. The minimum Gasteiger partial charge on any atom is -0.494 e. The van der Waals surface area contributed by atoms with Gasteiger partial charge in [-0.1, -0.05) is 0 Å². The van der Waals surface area contributed by atoms with Crippen LogP contribution in [0.3, 0.4) is 0 Å². The van der Waals surface area contributed by atoms with Crippen molar-refractivity contribution in [1.82, 2.24) is 14.7 Å². The van der Waals surface area contributed by atoms with E-state index in [1.54, 1.807) is 42.9 Å². The van der Waals surface area contributed by atoms with Crippen molar-refractivity contribution >= 4 is 10.0 Å². The highest BCUT2D eigenvalue weighted by Crippen LogP contribution is 2.22. The van der Waals surface area contributed by atoms with E-state index in [1.165, 1.54) is 0 Å². The van der Waals surface area contributed by atoms with Gasteiger partial charge in [0.05, 0.1) is 17.2 Å². The molecule has 1 N–H and O–H groups in total. The van der Waals surface area contributed by atoms with Crippen LogP contribution in [0.5, 0.6) is 5.75 Å². The number of ether oxygens (including phenoxy) is 1. The second-order valence-electron chi connectivity index (χ2n) is 5.98. The fourth-order valence-corrected chi connectivity index (χ4v) is 3.73. The summed E-state index contributed by atoms with van der Waals surface area (Å²) in [7, 11) is -3.63. The van der Waals surface area contributed by atoms with Crippen LogP contribution in [0.1, 0.15) is 18.1 Å². The Morgan fingerprint density at radius 3 is 2.67 bits per heavy atom. The standard InChI is InChI=1S/C20H21N3O3S/c1-3-26-20-7-6-18(11-15(20)2)27(24,25)23-13-16-8-10-22-19(12-16)17-5-4-9-21-14-17/h4-12,14,23H,3,13H2,1-2H3. The summed E-state index contributed by atoms with van der Waals surface area (Å²) >= 11 is 0. The molecular formula is C20H21N3O3S. The Morgan fingerprint density at radius 2 is 1.96 bits per heavy atom. The first-order valence-electron chi connectivity index (χ1n) is 8.58. The number of hydrogen-bond acceptors (Lipinski definition) is 5. The van der Waals surface area contributed by atoms with Crippen molar-refractivity contribution in [3.63, 3.8) is 0 Å². The van der Waals surface area contributed by atoms with Crippen LogP contribution in [-0.4, -0.2) is 25.0 Å². The zero-order valence-corrected chi connectivity index (χ0v) is 16.0. The Morgan fingerprint density at radius 1 is 1.11 bits per heavy atom. The van der Waals surface area contributed by atoms with Gasteiger partial charge in [0.1, 0.15) is 5.75 Å². The van der Waals surface area contributed by atoms with Gasteiger partial charge < -0.3 is 4.74 Å². The number of hydrogen-bond donors (Lipinski definition) is 1. The molecule has 3 rings (SSSR count). The summed E-state index contributed by atoms with van der Waals surface area (Å²) in [6.07, 6.45) is 5.08. The van der Waals surface area contributed by atoms with E-state index in [0.29, 0.717) is 12.4 Å². The number of sulfonamides is 1. The van der Waals surface area contributed by atoms with E-state index in [-0.39, 0.29) is 11.4 Å². The molecule has 0 aliphatic carbocycles. The Hall–Kier alpha value is -2.77. The number of aryl methyl sites for hydroxylation is 1. The molecule has 27 heavy (non-hydrogen) atoms. The molecule has 7 heteroatoms. The highest BCUT2D eigenvalue weighted by Gasteiger charge is 2.15. The van der Waals surface area contributed by atoms with E-state index in [2.05, 4.69) is 14.7 Å². The molecule has 0 aliphatic heterocycles. The fourth-order valence-electron chi connectivity index (χ4n) is 2.62. The average Bonchev–Trinajstić information content (AvgIpc) is 2.69. The number of pyridine rings is 2. The van der Waals surface area contributed by atoms with Crippen molar-refractivity contribution in [2.45, 2.75) is 25.3 Å². The molecule has 2 heterocycles. The minimum absolute atomic E-state index is 0.171. The Labute approximate surface area is 159 Å². The molecule has 0 amide bonds. The third-order valence-corrected chi connectivity index (χ3v) is 5.40. The molecular weight excluding hydrogens is 362 g/mol. The third-order valence-electron chi connectivity index (χ3n) is 4.00. The van der Waals surface area contributed by atoms with Crippen LogP contribution in [0.2, 0.25) is 0 Å². The van der Waals surface area contributed by atoms with E-state index in [0.717, 1.165) is 22.4 Å². The lowest BCUT2D eigenvalue weighted by atomic mass is 10.1. The minimum atomic E-state index is -3.63. The molecule has 6 nitrogen and oxygen atoms in total. The lowest BCUT2D eigenvalue weighted by Gasteiger charge is -2.11. The highest BCUT2D eigenvalue weighted by atomic mass is 32.2. The van der Waals surface area contributed by atoms with E-state index >= 15 is 0 Å². The summed E-state index contributed by atoms with van der Waals surface area (Å²) in [5, 5.41) is 0. The van der Waals surface area contributed by atoms with E-state index in [4.69, 9.17) is 4.74 Å². The fraction of sp³-hybridized carbons (Fsp3) is 0.200. The van der Waals surface area contributed by atoms with Crippen molar-refractivity contribution in [3.05, 3.63) is 72.2 Å². The van der Waals surface area contributed by atoms with Crippen LogP contribution < -0.4 is 9.46 Å². The summed E-state index contributed by atoms with van der Waals surface area (Å²) in [6, 6.07) is 12.2. The maximum atomic E-state index is 12.6. The van der Waals surface area contributed by atoms with Crippen LogP contribution in [0.15, 0.2) is 66.0 Å². The maximum absolute atomic E-state index is 12.6. The van der Waals surface area contributed by atoms with Crippen molar-refractivity contribution in [2.24, 2.45) is 0 Å². The molecule has 0 atom stereocenters. The molecule has 0 aliphatic rings. The summed E-state index contributed by atoms with van der Waals surface area (Å²) < 4.78 is 33.3. The van der Waals surface area contributed by atoms with E-state index in [9.17, 15) is 8.42 Å². The molecule has 0 radical (unpaired) electrons. The first-order valence-corrected chi connectivity index (χ1v) is 10.1. The van der Waals surface area contributed by atoms with Gasteiger partial charge in [0.2, 0.25) is 10.0 Å². The Kier molecular flexibility index (Phi) is 5.83. The smallest absolute Gasteiger partial charge is 0.240 e. The van der Waals surface area contributed by atoms with Gasteiger partial charge in [0.15, 0.2) is 0 Å². The summed E-state index contributed by atoms with van der Waals surface area (Å²) in [4.78, 5) is 8.62. The van der Waals surface area contributed by atoms with Gasteiger partial charge >= 0.3 is 0 Å². The quantitative estimate of drug-likeness (QED) is 0.677. The molecule has 0 saturated carbocycles. The van der Waals surface area contributed by atoms with Crippen LogP contribution >= 0.6 is 0 Å². The van der Waals surface area contributed by atoms with Crippen LogP contribution in [0.25, 0.3) is 11.3 Å². The molecule has 0 saturated heterocycles. The molecule has 140 valence electrons. The van der Waals surface area contributed by atoms with Crippen LogP contribution in [-0.2, 0) is 16.6 Å². The molecule has 0 bridgehead atoms. The predicted molar refractivity (Wildman–Crippen MR) is 104 cm³/mol. The summed E-state index contributed by atoms with van der Waals surface area (Å²) in [6.45, 7) is 4.42. The second kappa shape index (κ2) is 8.28. The monoisotopic (exact) mass is 383 g/mol. The number of nitrogens with one attached hydrogen (secondary N) is 1. The van der Waals surface area contributed by atoms with Gasteiger partial charge in [-0.2, -0.15) is 0 Å². The van der Waals surface area contributed by atoms with Gasteiger partial charge in [-0.15, -0.1) is 0 Å². The molecule has 0 fully saturated rings. The SMILES string of the molecule is CCOc1ccc(S(=O)(=O)NCc2ccnc(-c3cccnc3)c2)cc1C. The predicted octanol–water partition coefficient (Wildman–Crippen LogP) is 3.33. The van der Waals surface area contributed by atoms with Crippen molar-refractivity contribution in [2.75, 3.05) is 6.61 Å². The van der Waals surface area contributed by atoms with Gasteiger partial charge in [-0.3, -0.25) is 9.97 Å². The third kappa shape index (κ3) is 4.69. The summed E-state index contributed by atoms with van der Waals surface area (Å²) in [5.41, 5.74) is 3.22. The van der Waals surface area contributed by atoms with Crippen molar-refractivity contribution < 1.29 is 13.2 Å². The normalized spacial score (nSPS) is 11.3. The molecule has 3 aromatic rings. The van der Waals surface area contributed by atoms with Crippen LogP contribution in [0.4, 0.5) is 0 Å². The number of rotatable bonds is 7. The Bertz CT molecular complexity index is 1020. The first-order chi connectivity index (χ1) is 13.0. The van der Waals surface area contributed by atoms with Gasteiger partial charge in [-0.05, 0) is 67.4 Å². The van der Waals surface area contributed by atoms with Gasteiger partial charge in [-0.25, -0.2) is 13.1 Å². The second-order valence-corrected chi connectivity index (χ2v) is 7.74. The molecule has 2 aromatic heterocycles. The van der Waals surface area contributed by atoms with Crippen molar-refractivity contribution in [1.29, 1.82) is 0 Å². The maximum Gasteiger partial charge on any atom is 0.240 e. The lowest BCUT2D eigenvalue weighted by Crippen LogP contribution is -2.23. The highest BCUT2D eigenvalue weighted by molar-refractivity contribution is 7.89. The van der Waals surface area contributed by atoms with Crippen molar-refractivity contribution in [3.8, 4) is 17.0 Å². The first kappa shape index (κ1) is 19.0. The van der Waals surface area contributed by atoms with Gasteiger partial charge in [0.25, 0.3) is 0 Å². The lowest BCUT2D eigenvalue weighted by molar-refractivity contribution is 0.337. The topological polar surface area (TPSA) is 81.2 Å². The Balaban J connectivity index is 1.75.